The summed E-state index contributed by atoms with van der Waals surface area (Å²) >= 11 is 0. The molecule has 0 bridgehead atoms. The van der Waals surface area contributed by atoms with Gasteiger partial charge < -0.3 is 15.5 Å². The highest BCUT2D eigenvalue weighted by Gasteiger charge is 2.01. The Kier molecular flexibility index (Phi) is 9.27. The number of unbranched alkanes of at least 4 members (excludes halogenated alkanes) is 1. The number of amides is 1. The first-order chi connectivity index (χ1) is 8.60. The van der Waals surface area contributed by atoms with Gasteiger partial charge in [0.15, 0.2) is 0 Å². The van der Waals surface area contributed by atoms with Gasteiger partial charge in [-0.15, -0.1) is 0 Å². The van der Waals surface area contributed by atoms with Gasteiger partial charge in [0.25, 0.3) is 0 Å². The van der Waals surface area contributed by atoms with Crippen LogP contribution in [0.5, 0.6) is 0 Å². The number of alkyl carbamates (subject to hydrolysis) is 1. The Bertz CT molecular complexity index is 333. The summed E-state index contributed by atoms with van der Waals surface area (Å²) in [7, 11) is 0. The van der Waals surface area contributed by atoms with Gasteiger partial charge in [0.1, 0.15) is 6.61 Å². The Morgan fingerprint density at radius 2 is 2.11 bits per heavy atom. The van der Waals surface area contributed by atoms with Crippen molar-refractivity contribution in [3.05, 3.63) is 37.0 Å². The molecule has 0 radical (unpaired) electrons. The van der Waals surface area contributed by atoms with Gasteiger partial charge in [-0.1, -0.05) is 31.4 Å². The standard InChI is InChI=1S/C14H22N2O2/c1-4-8-13(5-2)11-18-14(17)16-10-7-6-9-12(3)15/h4-5,8,15H,1-2,6-7,9-11H2,3H3,(H,16,17)/b13-8+,15-12?. The third kappa shape index (κ3) is 9.39. The van der Waals surface area contributed by atoms with E-state index in [0.717, 1.165) is 24.8 Å². The van der Waals surface area contributed by atoms with Gasteiger partial charge in [-0.05, 0) is 31.8 Å². The van der Waals surface area contributed by atoms with E-state index >= 15 is 0 Å². The Labute approximate surface area is 109 Å². The van der Waals surface area contributed by atoms with Crippen LogP contribution in [0.2, 0.25) is 0 Å². The van der Waals surface area contributed by atoms with Gasteiger partial charge >= 0.3 is 6.09 Å². The largest absolute Gasteiger partial charge is 0.445 e. The van der Waals surface area contributed by atoms with Crippen LogP contribution < -0.4 is 5.32 Å². The zero-order valence-electron chi connectivity index (χ0n) is 11.0. The van der Waals surface area contributed by atoms with Crippen LogP contribution >= 0.6 is 0 Å². The van der Waals surface area contributed by atoms with Crippen LogP contribution in [0.15, 0.2) is 37.0 Å². The second-order valence-corrected chi connectivity index (χ2v) is 3.92. The number of hydrogen-bond acceptors (Lipinski definition) is 3. The molecule has 0 spiro atoms. The molecule has 0 heterocycles. The molecule has 0 atom stereocenters. The van der Waals surface area contributed by atoms with E-state index < -0.39 is 6.09 Å². The van der Waals surface area contributed by atoms with Gasteiger partial charge in [-0.3, -0.25) is 0 Å². The zero-order valence-corrected chi connectivity index (χ0v) is 11.0. The van der Waals surface area contributed by atoms with Gasteiger partial charge in [0.05, 0.1) is 0 Å². The molecule has 1 amide bonds. The van der Waals surface area contributed by atoms with Crippen LogP contribution in [0, 0.1) is 5.41 Å². The van der Waals surface area contributed by atoms with Crippen molar-refractivity contribution in [2.24, 2.45) is 0 Å². The third-order valence-electron chi connectivity index (χ3n) is 2.21. The van der Waals surface area contributed by atoms with E-state index in [2.05, 4.69) is 18.5 Å². The molecule has 0 aromatic heterocycles. The molecule has 0 aliphatic heterocycles. The fourth-order valence-corrected chi connectivity index (χ4v) is 1.23. The smallest absolute Gasteiger partial charge is 0.407 e. The molecule has 0 unspecified atom stereocenters. The number of carbonyl (C=O) groups excluding carboxylic acids is 1. The molecule has 0 rings (SSSR count). The van der Waals surface area contributed by atoms with Crippen LogP contribution in [-0.4, -0.2) is 25.0 Å². The van der Waals surface area contributed by atoms with Gasteiger partial charge in [0, 0.05) is 12.3 Å². The minimum atomic E-state index is -0.432. The summed E-state index contributed by atoms with van der Waals surface area (Å²) in [5.41, 5.74) is 1.47. The predicted octanol–water partition coefficient (Wildman–Crippen LogP) is 3.22. The van der Waals surface area contributed by atoms with Gasteiger partial charge in [-0.25, -0.2) is 4.79 Å². The molecule has 4 heteroatoms. The first-order valence-corrected chi connectivity index (χ1v) is 5.98. The van der Waals surface area contributed by atoms with Crippen LogP contribution in [0.4, 0.5) is 4.79 Å². The van der Waals surface area contributed by atoms with Crippen molar-refractivity contribution in [1.29, 1.82) is 5.41 Å². The summed E-state index contributed by atoms with van der Waals surface area (Å²) in [5, 5.41) is 9.91. The highest BCUT2D eigenvalue weighted by atomic mass is 16.5. The quantitative estimate of drug-likeness (QED) is 0.375. The van der Waals surface area contributed by atoms with Gasteiger partial charge in [-0.2, -0.15) is 0 Å². The van der Waals surface area contributed by atoms with E-state index in [1.54, 1.807) is 25.2 Å². The minimum absolute atomic E-state index is 0.195. The first-order valence-electron chi connectivity index (χ1n) is 5.98. The van der Waals surface area contributed by atoms with E-state index in [9.17, 15) is 4.79 Å². The summed E-state index contributed by atoms with van der Waals surface area (Å²) in [6.07, 6.45) is 7.09. The number of rotatable bonds is 9. The summed E-state index contributed by atoms with van der Waals surface area (Å²) in [6, 6.07) is 0. The second kappa shape index (κ2) is 10.3. The molecule has 0 saturated heterocycles. The summed E-state index contributed by atoms with van der Waals surface area (Å²) < 4.78 is 5.00. The van der Waals surface area contributed by atoms with Gasteiger partial charge in [0.2, 0.25) is 0 Å². The first kappa shape index (κ1) is 16.2. The summed E-state index contributed by atoms with van der Waals surface area (Å²) in [6.45, 7) is 9.72. The van der Waals surface area contributed by atoms with E-state index in [1.807, 2.05) is 0 Å². The fourth-order valence-electron chi connectivity index (χ4n) is 1.23. The lowest BCUT2D eigenvalue weighted by Crippen LogP contribution is -2.26. The van der Waals surface area contributed by atoms with E-state index in [0.29, 0.717) is 12.3 Å². The summed E-state index contributed by atoms with van der Waals surface area (Å²) in [5.74, 6) is 0. The number of ether oxygens (including phenoxy) is 1. The lowest BCUT2D eigenvalue weighted by molar-refractivity contribution is 0.156. The molecule has 0 aliphatic rings. The highest BCUT2D eigenvalue weighted by Crippen LogP contribution is 1.98. The van der Waals surface area contributed by atoms with Crippen molar-refractivity contribution < 1.29 is 9.53 Å². The van der Waals surface area contributed by atoms with Crippen molar-refractivity contribution >= 4 is 11.8 Å². The minimum Gasteiger partial charge on any atom is -0.445 e. The normalized spacial score (nSPS) is 10.6. The molecule has 100 valence electrons. The molecule has 0 saturated carbocycles. The van der Waals surface area contributed by atoms with E-state index in [4.69, 9.17) is 10.1 Å². The Hall–Kier alpha value is -1.84. The molecule has 4 nitrogen and oxygen atoms in total. The zero-order chi connectivity index (χ0) is 13.8. The predicted molar refractivity (Wildman–Crippen MR) is 75.1 cm³/mol. The average molecular weight is 250 g/mol. The maximum absolute atomic E-state index is 11.3. The van der Waals surface area contributed by atoms with Crippen molar-refractivity contribution in [2.45, 2.75) is 26.2 Å². The number of allylic oxidation sites excluding steroid dienone is 2. The maximum atomic E-state index is 11.3. The van der Waals surface area contributed by atoms with E-state index in [1.165, 1.54) is 0 Å². The fraction of sp³-hybridized carbons (Fsp3) is 0.429. The molecule has 0 aliphatic carbocycles. The second-order valence-electron chi connectivity index (χ2n) is 3.92. The molecule has 18 heavy (non-hydrogen) atoms. The van der Waals surface area contributed by atoms with E-state index in [-0.39, 0.29) is 6.61 Å². The molecular formula is C14H22N2O2. The third-order valence-corrected chi connectivity index (χ3v) is 2.21. The number of carbonyl (C=O) groups is 1. The topological polar surface area (TPSA) is 62.2 Å². The Balaban J connectivity index is 3.65. The van der Waals surface area contributed by atoms with Crippen molar-refractivity contribution in [1.82, 2.24) is 5.32 Å². The van der Waals surface area contributed by atoms with Crippen LogP contribution in [0.3, 0.4) is 0 Å². The van der Waals surface area contributed by atoms with Crippen molar-refractivity contribution in [3.63, 3.8) is 0 Å². The lowest BCUT2D eigenvalue weighted by atomic mass is 10.2. The summed E-state index contributed by atoms with van der Waals surface area (Å²) in [4.78, 5) is 11.3. The monoisotopic (exact) mass is 250 g/mol. The average Bonchev–Trinajstić information content (AvgIpc) is 2.33. The molecule has 0 aromatic rings. The highest BCUT2D eigenvalue weighted by molar-refractivity contribution is 5.78. The SMILES string of the molecule is C=C/C=C(\C=C)COC(=O)NCCCCC(C)=N. The lowest BCUT2D eigenvalue weighted by Gasteiger charge is -2.07. The van der Waals surface area contributed by atoms with Crippen molar-refractivity contribution in [2.75, 3.05) is 13.2 Å². The Morgan fingerprint density at radius 1 is 1.39 bits per heavy atom. The van der Waals surface area contributed by atoms with Crippen LogP contribution in [0.1, 0.15) is 26.2 Å². The molecule has 0 fully saturated rings. The van der Waals surface area contributed by atoms with Crippen molar-refractivity contribution in [3.8, 4) is 0 Å². The molecule has 0 aromatic carbocycles. The molecular weight excluding hydrogens is 228 g/mol. The molecule has 2 N–H and O–H groups in total. The maximum Gasteiger partial charge on any atom is 0.407 e. The Morgan fingerprint density at radius 3 is 2.67 bits per heavy atom. The van der Waals surface area contributed by atoms with Crippen LogP contribution in [-0.2, 0) is 4.74 Å². The number of hydrogen-bond donors (Lipinski definition) is 2. The van der Waals surface area contributed by atoms with Crippen LogP contribution in [0.25, 0.3) is 0 Å². The number of nitrogens with one attached hydrogen (secondary N) is 2.